The van der Waals surface area contributed by atoms with Gasteiger partial charge in [-0.25, -0.2) is 0 Å². The van der Waals surface area contributed by atoms with Crippen LogP contribution in [-0.2, 0) is 4.79 Å². The predicted octanol–water partition coefficient (Wildman–Crippen LogP) is 16.5. The average molecular weight is 810 g/mol. The maximum absolute atomic E-state index is 12.3. The Labute approximate surface area is 362 Å². The number of aliphatic hydroxyl groups is 2. The molecule has 0 fully saturated rings. The number of allylic oxidation sites excluding steroid dienone is 9. The minimum absolute atomic E-state index is 0.0767. The van der Waals surface area contributed by atoms with Crippen molar-refractivity contribution in [3.63, 3.8) is 0 Å². The van der Waals surface area contributed by atoms with E-state index in [2.05, 4.69) is 67.8 Å². The fraction of sp³-hybridized carbons (Fsp3) is 0.796. The van der Waals surface area contributed by atoms with Crippen molar-refractivity contribution in [1.82, 2.24) is 5.32 Å². The topological polar surface area (TPSA) is 69.6 Å². The zero-order chi connectivity index (χ0) is 42.1. The number of amides is 1. The third-order valence-corrected chi connectivity index (χ3v) is 11.5. The molecule has 58 heavy (non-hydrogen) atoms. The first kappa shape index (κ1) is 56.1. The van der Waals surface area contributed by atoms with Gasteiger partial charge in [-0.15, -0.1) is 0 Å². The molecule has 0 aliphatic rings. The summed E-state index contributed by atoms with van der Waals surface area (Å²) in [5, 5.41) is 22.8. The van der Waals surface area contributed by atoms with E-state index in [1.54, 1.807) is 6.08 Å². The molecule has 2 atom stereocenters. The van der Waals surface area contributed by atoms with Crippen LogP contribution >= 0.6 is 0 Å². The minimum atomic E-state index is -0.858. The molecule has 0 saturated heterocycles. The molecule has 2 unspecified atom stereocenters. The van der Waals surface area contributed by atoms with Crippen LogP contribution in [0.4, 0.5) is 0 Å². The van der Waals surface area contributed by atoms with Crippen LogP contribution < -0.4 is 5.32 Å². The maximum atomic E-state index is 12.3. The Kier molecular flexibility index (Phi) is 47.8. The Morgan fingerprint density at radius 1 is 0.414 bits per heavy atom. The molecule has 0 aliphatic heterocycles. The van der Waals surface area contributed by atoms with Gasteiger partial charge in [0.05, 0.1) is 18.8 Å². The van der Waals surface area contributed by atoms with E-state index < -0.39 is 12.1 Å². The number of aliphatic hydroxyl groups excluding tert-OH is 2. The molecular formula is C54H99NO3. The smallest absolute Gasteiger partial charge is 0.220 e. The van der Waals surface area contributed by atoms with Crippen LogP contribution in [0.2, 0.25) is 0 Å². The Hall–Kier alpha value is -1.91. The van der Waals surface area contributed by atoms with Crippen molar-refractivity contribution in [1.29, 1.82) is 0 Å². The van der Waals surface area contributed by atoms with Crippen LogP contribution in [0.5, 0.6) is 0 Å². The summed E-state index contributed by atoms with van der Waals surface area (Å²) < 4.78 is 0. The Morgan fingerprint density at radius 2 is 0.759 bits per heavy atom. The largest absolute Gasteiger partial charge is 0.394 e. The van der Waals surface area contributed by atoms with Crippen LogP contribution in [0.25, 0.3) is 0 Å². The summed E-state index contributed by atoms with van der Waals surface area (Å²) in [6.07, 6.45) is 69.8. The molecule has 0 aromatic carbocycles. The highest BCUT2D eigenvalue weighted by atomic mass is 16.3. The molecular weight excluding hydrogens is 711 g/mol. The van der Waals surface area contributed by atoms with E-state index in [9.17, 15) is 15.0 Å². The molecule has 0 bridgehead atoms. The third-order valence-electron chi connectivity index (χ3n) is 11.5. The molecule has 0 rings (SSSR count). The molecule has 4 nitrogen and oxygen atoms in total. The first-order valence-corrected chi connectivity index (χ1v) is 25.5. The van der Waals surface area contributed by atoms with E-state index in [0.717, 1.165) is 51.4 Å². The number of unbranched alkanes of at least 4 members (excludes halogenated alkanes) is 31. The summed E-state index contributed by atoms with van der Waals surface area (Å²) >= 11 is 0. The summed E-state index contributed by atoms with van der Waals surface area (Å²) in [4.78, 5) is 12.3. The van der Waals surface area contributed by atoms with E-state index in [1.807, 2.05) is 6.08 Å². The van der Waals surface area contributed by atoms with Gasteiger partial charge in [0.15, 0.2) is 0 Å². The van der Waals surface area contributed by atoms with E-state index in [0.29, 0.717) is 6.42 Å². The van der Waals surface area contributed by atoms with Gasteiger partial charge in [-0.3, -0.25) is 4.79 Å². The molecule has 0 heterocycles. The number of hydrogen-bond donors (Lipinski definition) is 3. The Balaban J connectivity index is 3.36. The van der Waals surface area contributed by atoms with Crippen molar-refractivity contribution in [3.05, 3.63) is 60.8 Å². The van der Waals surface area contributed by atoms with Crippen LogP contribution in [0, 0.1) is 0 Å². The summed E-state index contributed by atoms with van der Waals surface area (Å²) in [5.41, 5.74) is 0. The zero-order valence-corrected chi connectivity index (χ0v) is 38.8. The molecule has 0 radical (unpaired) electrons. The number of hydrogen-bond acceptors (Lipinski definition) is 3. The molecule has 3 N–H and O–H groups in total. The lowest BCUT2D eigenvalue weighted by Gasteiger charge is -2.19. The molecule has 338 valence electrons. The molecule has 0 aromatic heterocycles. The minimum Gasteiger partial charge on any atom is -0.394 e. The van der Waals surface area contributed by atoms with Gasteiger partial charge >= 0.3 is 0 Å². The van der Waals surface area contributed by atoms with Crippen molar-refractivity contribution in [3.8, 4) is 0 Å². The number of carbonyl (C=O) groups is 1. The van der Waals surface area contributed by atoms with Crippen molar-refractivity contribution in [2.45, 2.75) is 270 Å². The first-order chi connectivity index (χ1) is 28.7. The van der Waals surface area contributed by atoms with E-state index in [4.69, 9.17) is 0 Å². The fourth-order valence-electron chi connectivity index (χ4n) is 7.56. The average Bonchev–Trinajstić information content (AvgIpc) is 3.23. The standard InChI is InChI=1S/C54H99NO3/c1-3-5-7-9-11-12-13-14-15-16-17-18-19-20-21-22-23-24-25-26-27-28-29-30-31-32-33-34-35-36-37-38-39-40-41-42-44-46-48-50-54(58)55-52(51-56)53(57)49-47-45-43-10-8-6-4-2/h8,10,13-14,16-17,19-20,47,49,52-53,56-57H,3-7,9,11-12,15,18,21-46,48,50-51H2,1-2H3,(H,55,58)/b10-8+,14-13-,17-16-,20-19-,49-47+. The lowest BCUT2D eigenvalue weighted by Crippen LogP contribution is -2.45. The molecule has 4 heteroatoms. The van der Waals surface area contributed by atoms with Gasteiger partial charge in [0, 0.05) is 6.42 Å². The lowest BCUT2D eigenvalue weighted by molar-refractivity contribution is -0.123. The number of nitrogens with one attached hydrogen (secondary N) is 1. The third kappa shape index (κ3) is 45.2. The molecule has 0 aromatic rings. The van der Waals surface area contributed by atoms with Crippen molar-refractivity contribution < 1.29 is 15.0 Å². The molecule has 0 spiro atoms. The van der Waals surface area contributed by atoms with Gasteiger partial charge in [-0.2, -0.15) is 0 Å². The quantitative estimate of drug-likeness (QED) is 0.0424. The Bertz CT molecular complexity index is 965. The fourth-order valence-corrected chi connectivity index (χ4v) is 7.56. The summed E-state index contributed by atoms with van der Waals surface area (Å²) in [6, 6.07) is -0.635. The van der Waals surface area contributed by atoms with Crippen LogP contribution in [0.1, 0.15) is 258 Å². The monoisotopic (exact) mass is 810 g/mol. The van der Waals surface area contributed by atoms with Gasteiger partial charge in [-0.05, 0) is 64.2 Å². The highest BCUT2D eigenvalue weighted by Gasteiger charge is 2.17. The van der Waals surface area contributed by atoms with E-state index >= 15 is 0 Å². The van der Waals surface area contributed by atoms with E-state index in [1.165, 1.54) is 186 Å². The molecule has 0 saturated carbocycles. The SMILES string of the molecule is CCC/C=C/CC/C=C/C(O)C(CO)NC(=O)CCCCCCCCCCCCCCCCCCCCCCCCCC/C=C\C/C=C\C/C=C\CCCCCCC. The molecule has 1 amide bonds. The zero-order valence-electron chi connectivity index (χ0n) is 38.8. The van der Waals surface area contributed by atoms with Crippen molar-refractivity contribution in [2.75, 3.05) is 6.61 Å². The normalized spacial score (nSPS) is 13.4. The second-order valence-electron chi connectivity index (χ2n) is 17.2. The Morgan fingerprint density at radius 3 is 1.17 bits per heavy atom. The highest BCUT2D eigenvalue weighted by Crippen LogP contribution is 2.16. The van der Waals surface area contributed by atoms with Gasteiger partial charge in [0.2, 0.25) is 5.91 Å². The first-order valence-electron chi connectivity index (χ1n) is 25.5. The van der Waals surface area contributed by atoms with Crippen LogP contribution in [0.3, 0.4) is 0 Å². The highest BCUT2D eigenvalue weighted by molar-refractivity contribution is 5.76. The van der Waals surface area contributed by atoms with Crippen LogP contribution in [-0.4, -0.2) is 34.9 Å². The maximum Gasteiger partial charge on any atom is 0.220 e. The van der Waals surface area contributed by atoms with Gasteiger partial charge in [0.1, 0.15) is 0 Å². The van der Waals surface area contributed by atoms with E-state index in [-0.39, 0.29) is 12.5 Å². The van der Waals surface area contributed by atoms with Crippen molar-refractivity contribution >= 4 is 5.91 Å². The summed E-state index contributed by atoms with van der Waals surface area (Å²) in [5.74, 6) is -0.0767. The number of rotatable bonds is 46. The second-order valence-corrected chi connectivity index (χ2v) is 17.2. The van der Waals surface area contributed by atoms with Crippen molar-refractivity contribution in [2.24, 2.45) is 0 Å². The summed E-state index contributed by atoms with van der Waals surface area (Å²) in [6.45, 7) is 4.18. The summed E-state index contributed by atoms with van der Waals surface area (Å²) in [7, 11) is 0. The second kappa shape index (κ2) is 49.5. The van der Waals surface area contributed by atoms with Gasteiger partial charge in [-0.1, -0.05) is 248 Å². The van der Waals surface area contributed by atoms with Gasteiger partial charge in [0.25, 0.3) is 0 Å². The number of carbonyl (C=O) groups excluding carboxylic acids is 1. The van der Waals surface area contributed by atoms with Gasteiger partial charge < -0.3 is 15.5 Å². The predicted molar refractivity (Wildman–Crippen MR) is 258 cm³/mol. The van der Waals surface area contributed by atoms with Crippen LogP contribution in [0.15, 0.2) is 60.8 Å². The lowest BCUT2D eigenvalue weighted by atomic mass is 10.0. The molecule has 0 aliphatic carbocycles.